The second kappa shape index (κ2) is 7.43. The molecule has 5 heteroatoms. The van der Waals surface area contributed by atoms with E-state index >= 15 is 0 Å². The van der Waals surface area contributed by atoms with Gasteiger partial charge < -0.3 is 5.32 Å². The minimum absolute atomic E-state index is 0.949. The largest absolute Gasteiger partial charge is 0.384 e. The van der Waals surface area contributed by atoms with Gasteiger partial charge >= 0.3 is 0 Å². The maximum Gasteiger partial charge on any atom is 0.0341 e. The van der Waals surface area contributed by atoms with Gasteiger partial charge in [-0.05, 0) is 53.3 Å². The van der Waals surface area contributed by atoms with Crippen molar-refractivity contribution in [2.45, 2.75) is 6.54 Å². The predicted molar refractivity (Wildman–Crippen MR) is 91.0 cm³/mol. The number of anilines is 1. The van der Waals surface area contributed by atoms with Crippen LogP contribution in [0.15, 0.2) is 44.7 Å². The Morgan fingerprint density at radius 3 is 2.53 bits per heavy atom. The SMILES string of the molecule is CN(CCNc1ccc(Br)cc1)Cc1cc(Br)cs1. The van der Waals surface area contributed by atoms with Crippen molar-refractivity contribution in [2.24, 2.45) is 0 Å². The second-order valence-corrected chi connectivity index (χ2v) is 7.23. The first-order valence-electron chi connectivity index (χ1n) is 6.04. The summed E-state index contributed by atoms with van der Waals surface area (Å²) in [6.07, 6.45) is 0. The van der Waals surface area contributed by atoms with Crippen molar-refractivity contribution in [1.29, 1.82) is 0 Å². The van der Waals surface area contributed by atoms with Gasteiger partial charge in [0.05, 0.1) is 0 Å². The fourth-order valence-corrected chi connectivity index (χ4v) is 3.54. The van der Waals surface area contributed by atoms with Crippen LogP contribution in [0.4, 0.5) is 5.69 Å². The van der Waals surface area contributed by atoms with Gasteiger partial charge in [-0.15, -0.1) is 11.3 Å². The van der Waals surface area contributed by atoms with E-state index in [1.807, 2.05) is 0 Å². The summed E-state index contributed by atoms with van der Waals surface area (Å²) in [6, 6.07) is 10.5. The molecule has 0 saturated carbocycles. The molecule has 0 amide bonds. The van der Waals surface area contributed by atoms with Gasteiger partial charge in [0.1, 0.15) is 0 Å². The van der Waals surface area contributed by atoms with E-state index in [-0.39, 0.29) is 0 Å². The van der Waals surface area contributed by atoms with E-state index in [1.165, 1.54) is 9.35 Å². The van der Waals surface area contributed by atoms with Crippen molar-refractivity contribution < 1.29 is 0 Å². The summed E-state index contributed by atoms with van der Waals surface area (Å²) in [7, 11) is 2.15. The molecule has 0 radical (unpaired) electrons. The van der Waals surface area contributed by atoms with Crippen LogP contribution in [0.1, 0.15) is 4.88 Å². The average Bonchev–Trinajstić information content (AvgIpc) is 2.77. The summed E-state index contributed by atoms with van der Waals surface area (Å²) in [5, 5.41) is 5.55. The molecule has 0 bridgehead atoms. The molecule has 2 nitrogen and oxygen atoms in total. The first kappa shape index (κ1) is 15.0. The molecule has 0 aliphatic carbocycles. The first-order valence-corrected chi connectivity index (χ1v) is 8.51. The molecular formula is C14H16Br2N2S. The third kappa shape index (κ3) is 5.26. The fraction of sp³-hybridized carbons (Fsp3) is 0.286. The summed E-state index contributed by atoms with van der Waals surface area (Å²) < 4.78 is 2.28. The Balaban J connectivity index is 1.71. The van der Waals surface area contributed by atoms with Crippen LogP contribution in [0, 0.1) is 0 Å². The lowest BCUT2D eigenvalue weighted by Crippen LogP contribution is -2.24. The van der Waals surface area contributed by atoms with Gasteiger partial charge in [0.25, 0.3) is 0 Å². The van der Waals surface area contributed by atoms with Crippen LogP contribution in [0.2, 0.25) is 0 Å². The Kier molecular flexibility index (Phi) is 5.88. The fourth-order valence-electron chi connectivity index (χ4n) is 1.74. The quantitative estimate of drug-likeness (QED) is 0.743. The molecule has 0 saturated heterocycles. The Labute approximate surface area is 135 Å². The van der Waals surface area contributed by atoms with Crippen LogP contribution in [0.5, 0.6) is 0 Å². The summed E-state index contributed by atoms with van der Waals surface area (Å²) in [5.74, 6) is 0. The summed E-state index contributed by atoms with van der Waals surface area (Å²) >= 11 is 8.72. The number of likely N-dealkylation sites (N-methyl/N-ethyl adjacent to an activating group) is 1. The average molecular weight is 404 g/mol. The standard InChI is InChI=1S/C14H16Br2N2S/c1-18(9-14-8-12(16)10-19-14)7-6-17-13-4-2-11(15)3-5-13/h2-5,8,10,17H,6-7,9H2,1H3. The van der Waals surface area contributed by atoms with E-state index < -0.39 is 0 Å². The highest BCUT2D eigenvalue weighted by Gasteiger charge is 2.02. The topological polar surface area (TPSA) is 15.3 Å². The molecule has 102 valence electrons. The van der Waals surface area contributed by atoms with Crippen molar-refractivity contribution in [3.05, 3.63) is 49.5 Å². The molecule has 2 rings (SSSR count). The molecule has 0 atom stereocenters. The second-order valence-electron chi connectivity index (χ2n) is 4.40. The Morgan fingerprint density at radius 2 is 1.89 bits per heavy atom. The smallest absolute Gasteiger partial charge is 0.0341 e. The first-order chi connectivity index (χ1) is 9.13. The van der Waals surface area contributed by atoms with Crippen molar-refractivity contribution in [3.63, 3.8) is 0 Å². The zero-order valence-electron chi connectivity index (χ0n) is 10.7. The van der Waals surface area contributed by atoms with Gasteiger partial charge in [-0.3, -0.25) is 4.90 Å². The number of halogens is 2. The van der Waals surface area contributed by atoms with Gasteiger partial charge in [-0.25, -0.2) is 0 Å². The zero-order chi connectivity index (χ0) is 13.7. The monoisotopic (exact) mass is 402 g/mol. The molecule has 0 aliphatic heterocycles. The van der Waals surface area contributed by atoms with Gasteiger partial charge in [-0.2, -0.15) is 0 Å². The maximum absolute atomic E-state index is 3.49. The van der Waals surface area contributed by atoms with Gasteiger partial charge in [-0.1, -0.05) is 15.9 Å². The van der Waals surface area contributed by atoms with Crippen LogP contribution < -0.4 is 5.32 Å². The van der Waals surface area contributed by atoms with E-state index in [1.54, 1.807) is 11.3 Å². The molecule has 0 fully saturated rings. The molecule has 19 heavy (non-hydrogen) atoms. The number of hydrogen-bond acceptors (Lipinski definition) is 3. The Morgan fingerprint density at radius 1 is 1.16 bits per heavy atom. The number of nitrogens with zero attached hydrogens (tertiary/aromatic N) is 1. The van der Waals surface area contributed by atoms with Crippen molar-refractivity contribution >= 4 is 48.9 Å². The van der Waals surface area contributed by atoms with Gasteiger partial charge in [0.15, 0.2) is 0 Å². The third-order valence-electron chi connectivity index (χ3n) is 2.71. The zero-order valence-corrected chi connectivity index (χ0v) is 14.7. The van der Waals surface area contributed by atoms with Crippen LogP contribution in [-0.4, -0.2) is 25.0 Å². The van der Waals surface area contributed by atoms with E-state index in [0.29, 0.717) is 0 Å². The van der Waals surface area contributed by atoms with Crippen LogP contribution >= 0.6 is 43.2 Å². The van der Waals surface area contributed by atoms with Crippen LogP contribution in [-0.2, 0) is 6.54 Å². The minimum Gasteiger partial charge on any atom is -0.384 e. The number of benzene rings is 1. The normalized spacial score (nSPS) is 10.9. The summed E-state index contributed by atoms with van der Waals surface area (Å²) in [4.78, 5) is 3.71. The molecule has 0 aliphatic rings. The number of nitrogens with one attached hydrogen (secondary N) is 1. The minimum atomic E-state index is 0.949. The van der Waals surface area contributed by atoms with Crippen molar-refractivity contribution in [2.75, 3.05) is 25.5 Å². The molecule has 1 aromatic carbocycles. The highest BCUT2D eigenvalue weighted by Crippen LogP contribution is 2.20. The van der Waals surface area contributed by atoms with E-state index in [4.69, 9.17) is 0 Å². The lowest BCUT2D eigenvalue weighted by atomic mass is 10.3. The van der Waals surface area contributed by atoms with Crippen molar-refractivity contribution in [3.8, 4) is 0 Å². The number of rotatable bonds is 6. The number of thiophene rings is 1. The van der Waals surface area contributed by atoms with Crippen molar-refractivity contribution in [1.82, 2.24) is 4.90 Å². The molecule has 0 spiro atoms. The molecule has 1 heterocycles. The highest BCUT2D eigenvalue weighted by molar-refractivity contribution is 9.10. The maximum atomic E-state index is 3.49. The van der Waals surface area contributed by atoms with E-state index in [0.717, 1.165) is 29.8 Å². The van der Waals surface area contributed by atoms with E-state index in [9.17, 15) is 0 Å². The molecule has 1 N–H and O–H groups in total. The third-order valence-corrected chi connectivity index (χ3v) is 4.93. The summed E-state index contributed by atoms with van der Waals surface area (Å²) in [5.41, 5.74) is 1.16. The Bertz CT molecular complexity index is 510. The van der Waals surface area contributed by atoms with Crippen LogP contribution in [0.3, 0.4) is 0 Å². The lowest BCUT2D eigenvalue weighted by Gasteiger charge is -2.16. The summed E-state index contributed by atoms with van der Waals surface area (Å²) in [6.45, 7) is 2.97. The molecule has 2 aromatic rings. The molecule has 1 aromatic heterocycles. The highest BCUT2D eigenvalue weighted by atomic mass is 79.9. The molecule has 0 unspecified atom stereocenters. The number of hydrogen-bond donors (Lipinski definition) is 1. The van der Waals surface area contributed by atoms with Gasteiger partial charge in [0, 0.05) is 44.5 Å². The van der Waals surface area contributed by atoms with E-state index in [2.05, 4.69) is 84.8 Å². The lowest BCUT2D eigenvalue weighted by molar-refractivity contribution is 0.343. The molecular weight excluding hydrogens is 388 g/mol. The predicted octanol–water partition coefficient (Wildman–Crippen LogP) is 4.82. The van der Waals surface area contributed by atoms with Gasteiger partial charge in [0.2, 0.25) is 0 Å². The Hall–Kier alpha value is -0.360. The van der Waals surface area contributed by atoms with Crippen LogP contribution in [0.25, 0.3) is 0 Å².